The fourth-order valence-corrected chi connectivity index (χ4v) is 2.74. The van der Waals surface area contributed by atoms with Gasteiger partial charge in [-0.2, -0.15) is 0 Å². The molecular weight excluding hydrogens is 260 g/mol. The topological polar surface area (TPSA) is 75.8 Å². The molecule has 0 aliphatic carbocycles. The summed E-state index contributed by atoms with van der Waals surface area (Å²) in [5, 5.41) is 20.2. The van der Waals surface area contributed by atoms with Crippen LogP contribution in [0.1, 0.15) is 19.3 Å². The Morgan fingerprint density at radius 1 is 1.55 bits per heavy atom. The number of nitro groups is 1. The van der Waals surface area contributed by atoms with Crippen molar-refractivity contribution in [1.29, 1.82) is 0 Å². The number of benzene rings is 1. The van der Waals surface area contributed by atoms with E-state index in [9.17, 15) is 10.1 Å². The van der Waals surface area contributed by atoms with Gasteiger partial charge in [-0.3, -0.25) is 10.1 Å². The lowest BCUT2D eigenvalue weighted by Crippen LogP contribution is -2.36. The summed E-state index contributed by atoms with van der Waals surface area (Å²) in [5.41, 5.74) is 0.715. The van der Waals surface area contributed by atoms with Gasteiger partial charge >= 0.3 is 0 Å². The van der Waals surface area contributed by atoms with Gasteiger partial charge in [-0.1, -0.05) is 0 Å². The van der Waals surface area contributed by atoms with Crippen LogP contribution in [0.15, 0.2) is 18.2 Å². The summed E-state index contributed by atoms with van der Waals surface area (Å²) in [6.07, 6.45) is 2.79. The first-order valence-electron chi connectivity index (χ1n) is 6.84. The second-order valence-corrected chi connectivity index (χ2v) is 5.08. The van der Waals surface area contributed by atoms with Crippen molar-refractivity contribution in [2.75, 3.05) is 31.7 Å². The van der Waals surface area contributed by atoms with Crippen LogP contribution in [-0.2, 0) is 0 Å². The second kappa shape index (κ2) is 6.56. The van der Waals surface area contributed by atoms with Crippen molar-refractivity contribution in [3.8, 4) is 5.75 Å². The van der Waals surface area contributed by atoms with Gasteiger partial charge < -0.3 is 14.7 Å². The number of nitro benzene ring substituents is 1. The summed E-state index contributed by atoms with van der Waals surface area (Å²) in [4.78, 5) is 12.8. The molecular formula is C14H20N2O4. The van der Waals surface area contributed by atoms with Crippen molar-refractivity contribution in [2.45, 2.75) is 19.3 Å². The third-order valence-corrected chi connectivity index (χ3v) is 3.78. The van der Waals surface area contributed by atoms with Crippen LogP contribution in [0.2, 0.25) is 0 Å². The van der Waals surface area contributed by atoms with E-state index >= 15 is 0 Å². The number of nitrogens with zero attached hydrogens (tertiary/aromatic N) is 2. The van der Waals surface area contributed by atoms with Crippen molar-refractivity contribution in [1.82, 2.24) is 0 Å². The zero-order valence-corrected chi connectivity index (χ0v) is 11.6. The SMILES string of the molecule is COc1ccc([N+](=O)[O-])c(N2CCCC(CCO)C2)c1. The van der Waals surface area contributed by atoms with Crippen molar-refractivity contribution in [3.63, 3.8) is 0 Å². The van der Waals surface area contributed by atoms with Crippen molar-refractivity contribution in [2.24, 2.45) is 5.92 Å². The average Bonchev–Trinajstić information content (AvgIpc) is 2.47. The predicted octanol–water partition coefficient (Wildman–Crippen LogP) is 2.20. The van der Waals surface area contributed by atoms with Gasteiger partial charge in [0.15, 0.2) is 0 Å². The highest BCUT2D eigenvalue weighted by atomic mass is 16.6. The van der Waals surface area contributed by atoms with Crippen LogP contribution in [0.3, 0.4) is 0 Å². The van der Waals surface area contributed by atoms with Gasteiger partial charge in [-0.25, -0.2) is 0 Å². The summed E-state index contributed by atoms with van der Waals surface area (Å²) in [6.45, 7) is 1.71. The number of hydrogen-bond acceptors (Lipinski definition) is 5. The molecule has 1 heterocycles. The number of rotatable bonds is 5. The van der Waals surface area contributed by atoms with E-state index in [1.807, 2.05) is 4.90 Å². The van der Waals surface area contributed by atoms with E-state index in [0.717, 1.165) is 32.4 Å². The lowest BCUT2D eigenvalue weighted by Gasteiger charge is -2.34. The molecule has 6 nitrogen and oxygen atoms in total. The molecule has 1 aliphatic heterocycles. The van der Waals surface area contributed by atoms with Gasteiger partial charge in [0.25, 0.3) is 5.69 Å². The van der Waals surface area contributed by atoms with Crippen molar-refractivity contribution in [3.05, 3.63) is 28.3 Å². The van der Waals surface area contributed by atoms with E-state index < -0.39 is 0 Å². The molecule has 1 saturated heterocycles. The standard InChI is InChI=1S/C14H20N2O4/c1-20-12-4-5-13(16(18)19)14(9-12)15-7-2-3-11(10-15)6-8-17/h4-5,9,11,17H,2-3,6-8,10H2,1H3. The molecule has 1 aromatic rings. The van der Waals surface area contributed by atoms with Gasteiger partial charge in [-0.15, -0.1) is 0 Å². The largest absolute Gasteiger partial charge is 0.497 e. The number of aliphatic hydroxyl groups is 1. The van der Waals surface area contributed by atoms with Crippen molar-refractivity contribution < 1.29 is 14.8 Å². The fraction of sp³-hybridized carbons (Fsp3) is 0.571. The Kier molecular flexibility index (Phi) is 4.79. The first-order chi connectivity index (χ1) is 9.65. The molecule has 0 aromatic heterocycles. The molecule has 2 rings (SSSR count). The summed E-state index contributed by atoms with van der Waals surface area (Å²) in [5.74, 6) is 1.01. The quantitative estimate of drug-likeness (QED) is 0.661. The number of anilines is 1. The molecule has 0 bridgehead atoms. The van der Waals surface area contributed by atoms with E-state index in [4.69, 9.17) is 9.84 Å². The van der Waals surface area contributed by atoms with E-state index in [1.165, 1.54) is 6.07 Å². The summed E-state index contributed by atoms with van der Waals surface area (Å²) >= 11 is 0. The Morgan fingerprint density at radius 2 is 2.35 bits per heavy atom. The van der Waals surface area contributed by atoms with Crippen LogP contribution in [0.5, 0.6) is 5.75 Å². The lowest BCUT2D eigenvalue weighted by atomic mass is 9.94. The van der Waals surface area contributed by atoms with Crippen LogP contribution in [-0.4, -0.2) is 36.8 Å². The first kappa shape index (κ1) is 14.6. The Morgan fingerprint density at radius 3 is 3.00 bits per heavy atom. The zero-order chi connectivity index (χ0) is 14.5. The zero-order valence-electron chi connectivity index (χ0n) is 11.6. The van der Waals surface area contributed by atoms with Crippen LogP contribution >= 0.6 is 0 Å². The van der Waals surface area contributed by atoms with E-state index in [-0.39, 0.29) is 17.2 Å². The molecule has 1 aliphatic rings. The van der Waals surface area contributed by atoms with Gasteiger partial charge in [-0.05, 0) is 31.2 Å². The van der Waals surface area contributed by atoms with E-state index in [2.05, 4.69) is 0 Å². The summed E-state index contributed by atoms with van der Waals surface area (Å²) < 4.78 is 5.17. The summed E-state index contributed by atoms with van der Waals surface area (Å²) in [7, 11) is 1.55. The Hall–Kier alpha value is -1.82. The minimum Gasteiger partial charge on any atom is -0.497 e. The molecule has 1 aromatic carbocycles. The molecule has 0 spiro atoms. The molecule has 0 radical (unpaired) electrons. The summed E-state index contributed by atoms with van der Waals surface area (Å²) in [6, 6.07) is 4.82. The second-order valence-electron chi connectivity index (χ2n) is 5.08. The molecule has 1 atom stereocenters. The van der Waals surface area contributed by atoms with E-state index in [1.54, 1.807) is 19.2 Å². The normalized spacial score (nSPS) is 18.9. The van der Waals surface area contributed by atoms with Gasteiger partial charge in [0.1, 0.15) is 11.4 Å². The minimum atomic E-state index is -0.357. The highest BCUT2D eigenvalue weighted by Crippen LogP contribution is 2.35. The van der Waals surface area contributed by atoms with Crippen LogP contribution < -0.4 is 9.64 Å². The first-order valence-corrected chi connectivity index (χ1v) is 6.84. The Bertz CT molecular complexity index is 476. The maximum Gasteiger partial charge on any atom is 0.292 e. The number of hydrogen-bond donors (Lipinski definition) is 1. The molecule has 0 amide bonds. The lowest BCUT2D eigenvalue weighted by molar-refractivity contribution is -0.384. The van der Waals surface area contributed by atoms with Crippen LogP contribution in [0.25, 0.3) is 0 Å². The Labute approximate surface area is 118 Å². The number of piperidine rings is 1. The molecule has 110 valence electrons. The molecule has 0 saturated carbocycles. The van der Waals surface area contributed by atoms with Gasteiger partial charge in [0.2, 0.25) is 0 Å². The maximum atomic E-state index is 11.2. The van der Waals surface area contributed by atoms with E-state index in [0.29, 0.717) is 17.4 Å². The smallest absolute Gasteiger partial charge is 0.292 e. The van der Waals surface area contributed by atoms with Gasteiger partial charge in [0.05, 0.1) is 12.0 Å². The number of aliphatic hydroxyl groups excluding tert-OH is 1. The Balaban J connectivity index is 2.27. The molecule has 1 unspecified atom stereocenters. The molecule has 1 fully saturated rings. The monoisotopic (exact) mass is 280 g/mol. The highest BCUT2D eigenvalue weighted by molar-refractivity contribution is 5.66. The fourth-order valence-electron chi connectivity index (χ4n) is 2.74. The molecule has 1 N–H and O–H groups in total. The highest BCUT2D eigenvalue weighted by Gasteiger charge is 2.25. The number of ether oxygens (including phenoxy) is 1. The minimum absolute atomic E-state index is 0.107. The molecule has 20 heavy (non-hydrogen) atoms. The van der Waals surface area contributed by atoms with Crippen LogP contribution in [0, 0.1) is 16.0 Å². The predicted molar refractivity (Wildman–Crippen MR) is 76.3 cm³/mol. The maximum absolute atomic E-state index is 11.2. The third kappa shape index (κ3) is 3.19. The van der Waals surface area contributed by atoms with Crippen LogP contribution in [0.4, 0.5) is 11.4 Å². The third-order valence-electron chi connectivity index (χ3n) is 3.78. The average molecular weight is 280 g/mol. The van der Waals surface area contributed by atoms with Crippen molar-refractivity contribution >= 4 is 11.4 Å². The number of methoxy groups -OCH3 is 1. The van der Waals surface area contributed by atoms with Gasteiger partial charge in [0, 0.05) is 31.8 Å². The molecule has 6 heteroatoms.